The van der Waals surface area contributed by atoms with Crippen molar-refractivity contribution in [3.8, 4) is 0 Å². The average Bonchev–Trinajstić information content (AvgIpc) is 3.04. The number of methoxy groups -OCH3 is 1. The Morgan fingerprint density at radius 1 is 1.17 bits per heavy atom. The molecule has 1 N–H and O–H groups in total. The van der Waals surface area contributed by atoms with Gasteiger partial charge in [0.05, 0.1) is 13.2 Å². The maximum Gasteiger partial charge on any atom is 0.305 e. The van der Waals surface area contributed by atoms with Crippen LogP contribution < -0.4 is 0 Å². The van der Waals surface area contributed by atoms with Crippen molar-refractivity contribution in [3.05, 3.63) is 0 Å². The summed E-state index contributed by atoms with van der Waals surface area (Å²) < 4.78 is 4.85. The van der Waals surface area contributed by atoms with E-state index < -0.39 is 0 Å². The first-order valence-electron chi connectivity index (χ1n) is 12.0. The zero-order chi connectivity index (χ0) is 21.0. The Hall–Kier alpha value is -0.900. The lowest BCUT2D eigenvalue weighted by Gasteiger charge is -2.62. The largest absolute Gasteiger partial charge is 0.469 e. The van der Waals surface area contributed by atoms with Crippen molar-refractivity contribution in [1.82, 2.24) is 0 Å². The molecule has 4 heteroatoms. The van der Waals surface area contributed by atoms with Crippen molar-refractivity contribution < 1.29 is 19.4 Å². The minimum atomic E-state index is -0.252. The maximum absolute atomic E-state index is 12.1. The van der Waals surface area contributed by atoms with Gasteiger partial charge in [-0.25, -0.2) is 0 Å². The van der Waals surface area contributed by atoms with Gasteiger partial charge in [0.1, 0.15) is 5.78 Å². The summed E-state index contributed by atoms with van der Waals surface area (Å²) in [6.45, 7) is 7.22. The van der Waals surface area contributed by atoms with Crippen molar-refractivity contribution >= 4 is 11.8 Å². The van der Waals surface area contributed by atoms with Crippen LogP contribution in [0.4, 0.5) is 0 Å². The number of aliphatic hydroxyl groups is 1. The fraction of sp³-hybridized carbons (Fsp3) is 0.920. The highest BCUT2D eigenvalue weighted by molar-refractivity contribution is 5.79. The minimum Gasteiger partial charge on any atom is -0.469 e. The fourth-order valence-corrected chi connectivity index (χ4v) is 8.64. The molecule has 0 radical (unpaired) electrons. The Labute approximate surface area is 176 Å². The second kappa shape index (κ2) is 7.66. The number of esters is 1. The Balaban J connectivity index is 1.53. The molecule has 0 unspecified atom stereocenters. The smallest absolute Gasteiger partial charge is 0.305 e. The third kappa shape index (κ3) is 3.38. The first-order chi connectivity index (χ1) is 13.7. The lowest BCUT2D eigenvalue weighted by atomic mass is 9.44. The molecule has 0 aromatic rings. The van der Waals surface area contributed by atoms with Crippen LogP contribution >= 0.6 is 0 Å². The van der Waals surface area contributed by atoms with Crippen LogP contribution in [0.2, 0.25) is 0 Å². The van der Waals surface area contributed by atoms with E-state index >= 15 is 0 Å². The molecule has 0 heterocycles. The molecule has 4 saturated carbocycles. The Morgan fingerprint density at radius 3 is 2.62 bits per heavy atom. The number of rotatable bonds is 4. The summed E-state index contributed by atoms with van der Waals surface area (Å²) in [6.07, 6.45) is 9.27. The lowest BCUT2D eigenvalue weighted by molar-refractivity contribution is -0.169. The molecule has 0 aliphatic heterocycles. The van der Waals surface area contributed by atoms with Gasteiger partial charge in [0, 0.05) is 19.3 Å². The number of ether oxygens (including phenoxy) is 1. The number of carbonyl (C=O) groups excluding carboxylic acids is 2. The normalized spacial score (nSPS) is 47.7. The number of Topliss-reactive ketones (excluding diaryl/α,β-unsaturated/α-hetero) is 1. The summed E-state index contributed by atoms with van der Waals surface area (Å²) in [5.74, 6) is 3.35. The van der Waals surface area contributed by atoms with Crippen molar-refractivity contribution in [2.24, 2.45) is 46.3 Å². The molecule has 4 fully saturated rings. The highest BCUT2D eigenvalue weighted by Gasteiger charge is 2.62. The molecular formula is C25H40O4. The monoisotopic (exact) mass is 404 g/mol. The van der Waals surface area contributed by atoms with E-state index in [1.165, 1.54) is 32.8 Å². The standard InChI is InChI=1S/C25H40O4/c1-15(5-8-22(28)29-4)18-6-7-19-23-20(10-12-25(18,19)3)24(2)11-9-17(26)13-16(24)14-21(23)27/h15-16,18-21,23,27H,5-14H2,1-4H3/t15-,16+,18-,19+,20+,21+,23+,24+,25-/m0/s1. The van der Waals surface area contributed by atoms with E-state index in [0.717, 1.165) is 25.7 Å². The van der Waals surface area contributed by atoms with Gasteiger partial charge >= 0.3 is 5.97 Å². The molecule has 4 aliphatic carbocycles. The zero-order valence-electron chi connectivity index (χ0n) is 18.8. The number of hydrogen-bond acceptors (Lipinski definition) is 4. The van der Waals surface area contributed by atoms with Crippen LogP contribution in [0, 0.1) is 46.3 Å². The summed E-state index contributed by atoms with van der Waals surface area (Å²) in [7, 11) is 1.47. The van der Waals surface area contributed by atoms with E-state index in [1.54, 1.807) is 0 Å². The zero-order valence-corrected chi connectivity index (χ0v) is 18.8. The molecule has 0 bridgehead atoms. The number of carbonyl (C=O) groups is 2. The van der Waals surface area contributed by atoms with Gasteiger partial charge < -0.3 is 9.84 Å². The van der Waals surface area contributed by atoms with Gasteiger partial charge in [-0.2, -0.15) is 0 Å². The Kier molecular flexibility index (Phi) is 5.63. The molecule has 29 heavy (non-hydrogen) atoms. The van der Waals surface area contributed by atoms with Gasteiger partial charge in [-0.05, 0) is 91.3 Å². The van der Waals surface area contributed by atoms with Gasteiger partial charge in [-0.1, -0.05) is 20.8 Å². The predicted molar refractivity (Wildman–Crippen MR) is 112 cm³/mol. The summed E-state index contributed by atoms with van der Waals surface area (Å²) >= 11 is 0. The molecule has 0 saturated heterocycles. The summed E-state index contributed by atoms with van der Waals surface area (Å²) in [6, 6.07) is 0. The van der Waals surface area contributed by atoms with E-state index in [9.17, 15) is 14.7 Å². The van der Waals surface area contributed by atoms with Gasteiger partial charge in [0.15, 0.2) is 0 Å². The Morgan fingerprint density at radius 2 is 1.90 bits per heavy atom. The second-order valence-electron chi connectivity index (χ2n) is 11.4. The lowest BCUT2D eigenvalue weighted by Crippen LogP contribution is -2.58. The Bertz CT molecular complexity index is 659. The number of ketones is 1. The van der Waals surface area contributed by atoms with Gasteiger partial charge in [0.25, 0.3) is 0 Å². The molecule has 0 aromatic carbocycles. The van der Waals surface area contributed by atoms with Crippen molar-refractivity contribution in [1.29, 1.82) is 0 Å². The van der Waals surface area contributed by atoms with E-state index in [1.807, 2.05) is 0 Å². The molecule has 0 aromatic heterocycles. The molecule has 4 rings (SSSR count). The van der Waals surface area contributed by atoms with E-state index in [-0.39, 0.29) is 22.9 Å². The van der Waals surface area contributed by atoms with Crippen LogP contribution in [0.1, 0.15) is 85.0 Å². The van der Waals surface area contributed by atoms with Crippen LogP contribution in [0.25, 0.3) is 0 Å². The van der Waals surface area contributed by atoms with E-state index in [0.29, 0.717) is 54.1 Å². The van der Waals surface area contributed by atoms with Crippen LogP contribution in [0.5, 0.6) is 0 Å². The molecule has 164 valence electrons. The first-order valence-corrected chi connectivity index (χ1v) is 12.0. The third-order valence-corrected chi connectivity index (χ3v) is 10.3. The summed E-state index contributed by atoms with van der Waals surface area (Å²) in [5.41, 5.74) is 0.499. The number of fused-ring (bicyclic) bond motifs is 5. The van der Waals surface area contributed by atoms with Crippen LogP contribution in [0.3, 0.4) is 0 Å². The molecule has 0 spiro atoms. The van der Waals surface area contributed by atoms with Crippen LogP contribution in [0.15, 0.2) is 0 Å². The molecule has 4 nitrogen and oxygen atoms in total. The fourth-order valence-electron chi connectivity index (χ4n) is 8.64. The van der Waals surface area contributed by atoms with Crippen molar-refractivity contribution in [2.75, 3.05) is 7.11 Å². The van der Waals surface area contributed by atoms with Crippen molar-refractivity contribution in [3.63, 3.8) is 0 Å². The third-order valence-electron chi connectivity index (χ3n) is 10.3. The van der Waals surface area contributed by atoms with E-state index in [4.69, 9.17) is 4.74 Å². The average molecular weight is 405 g/mol. The van der Waals surface area contributed by atoms with E-state index in [2.05, 4.69) is 20.8 Å². The van der Waals surface area contributed by atoms with Crippen molar-refractivity contribution in [2.45, 2.75) is 91.1 Å². The number of aliphatic hydroxyl groups excluding tert-OH is 1. The van der Waals surface area contributed by atoms with Gasteiger partial charge in [0.2, 0.25) is 0 Å². The van der Waals surface area contributed by atoms with Crippen LogP contribution in [-0.2, 0) is 14.3 Å². The highest BCUT2D eigenvalue weighted by atomic mass is 16.5. The molecular weight excluding hydrogens is 364 g/mol. The predicted octanol–water partition coefficient (Wildman–Crippen LogP) is 4.77. The first kappa shape index (κ1) is 21.3. The SMILES string of the molecule is COC(=O)CC[C@H](C)[C@@H]1CC[C@@H]2[C@H]3[C@H](O)C[C@H]4CC(=O)CC[C@@]4(C)[C@@H]3CC[C@]21C. The second-order valence-corrected chi connectivity index (χ2v) is 11.4. The maximum atomic E-state index is 12.1. The topological polar surface area (TPSA) is 63.6 Å². The minimum absolute atomic E-state index is 0.103. The summed E-state index contributed by atoms with van der Waals surface area (Å²) in [4.78, 5) is 23.7. The molecule has 4 aliphatic rings. The quantitative estimate of drug-likeness (QED) is 0.685. The van der Waals surface area contributed by atoms with Crippen LogP contribution in [-0.4, -0.2) is 30.1 Å². The summed E-state index contributed by atoms with van der Waals surface area (Å²) in [5, 5.41) is 11.3. The molecule has 0 amide bonds. The van der Waals surface area contributed by atoms with Gasteiger partial charge in [-0.3, -0.25) is 9.59 Å². The van der Waals surface area contributed by atoms with Gasteiger partial charge in [-0.15, -0.1) is 0 Å². The number of hydrogen-bond donors (Lipinski definition) is 1. The highest BCUT2D eigenvalue weighted by Crippen LogP contribution is 2.68. The molecule has 9 atom stereocenters.